The molecule has 0 spiro atoms. The first-order valence-corrected chi connectivity index (χ1v) is 4.70. The van der Waals surface area contributed by atoms with Gasteiger partial charge in [0.2, 0.25) is 0 Å². The third-order valence-corrected chi connectivity index (χ3v) is 2.50. The van der Waals surface area contributed by atoms with Gasteiger partial charge in [0.15, 0.2) is 5.43 Å². The number of halogens is 4. The number of benzene rings is 1. The van der Waals surface area contributed by atoms with Gasteiger partial charge in [0.1, 0.15) is 11.5 Å². The quantitative estimate of drug-likeness (QED) is 0.711. The number of nitrogens with one attached hydrogen (secondary N) is 1. The molecule has 6 heteroatoms. The highest BCUT2D eigenvalue weighted by atomic mass is 19.4. The average Bonchev–Trinajstić information content (AvgIpc) is 2.22. The first-order valence-electron chi connectivity index (χ1n) is 4.70. The number of alkyl halides is 3. The van der Waals surface area contributed by atoms with Crippen molar-refractivity contribution in [1.82, 2.24) is 4.98 Å². The van der Waals surface area contributed by atoms with Crippen molar-refractivity contribution >= 4 is 10.9 Å². The molecular weight excluding hydrogens is 238 g/mol. The van der Waals surface area contributed by atoms with Crippen LogP contribution in [0.5, 0.6) is 0 Å². The van der Waals surface area contributed by atoms with Crippen LogP contribution in [0.15, 0.2) is 23.0 Å². The lowest BCUT2D eigenvalue weighted by Gasteiger charge is -2.09. The molecule has 0 saturated heterocycles. The summed E-state index contributed by atoms with van der Waals surface area (Å²) in [5, 5.41) is 0.0388. The van der Waals surface area contributed by atoms with Crippen LogP contribution < -0.4 is 5.43 Å². The molecule has 1 N–H and O–H groups in total. The molecule has 2 rings (SSSR count). The van der Waals surface area contributed by atoms with Gasteiger partial charge >= 0.3 is 6.18 Å². The molecule has 0 fully saturated rings. The van der Waals surface area contributed by atoms with Crippen molar-refractivity contribution in [2.24, 2.45) is 0 Å². The second-order valence-electron chi connectivity index (χ2n) is 3.64. The SMILES string of the molecule is Cc1c(F)ccc2c(=O)cc(C(F)(F)F)[nH]c12. The summed E-state index contributed by atoms with van der Waals surface area (Å²) >= 11 is 0. The minimum absolute atomic E-state index is 0.00861. The van der Waals surface area contributed by atoms with Gasteiger partial charge in [0.05, 0.1) is 5.52 Å². The molecule has 2 aromatic rings. The van der Waals surface area contributed by atoms with Crippen molar-refractivity contribution in [3.05, 3.63) is 45.5 Å². The third-order valence-electron chi connectivity index (χ3n) is 2.50. The summed E-state index contributed by atoms with van der Waals surface area (Å²) in [5.41, 5.74) is -2.09. The fourth-order valence-corrected chi connectivity index (χ4v) is 1.58. The van der Waals surface area contributed by atoms with Crippen LogP contribution in [0.4, 0.5) is 17.6 Å². The van der Waals surface area contributed by atoms with Gasteiger partial charge in [-0.15, -0.1) is 0 Å². The van der Waals surface area contributed by atoms with Crippen LogP contribution in [0.25, 0.3) is 10.9 Å². The molecule has 0 aliphatic rings. The zero-order valence-electron chi connectivity index (χ0n) is 8.65. The molecule has 0 atom stereocenters. The summed E-state index contributed by atoms with van der Waals surface area (Å²) < 4.78 is 50.6. The number of aryl methyl sites for hydroxylation is 1. The molecular formula is C11H7F4NO. The predicted molar refractivity (Wildman–Crippen MR) is 54.3 cm³/mol. The van der Waals surface area contributed by atoms with Crippen LogP contribution in [-0.2, 0) is 6.18 Å². The van der Waals surface area contributed by atoms with Crippen molar-refractivity contribution in [1.29, 1.82) is 0 Å². The number of pyridine rings is 1. The molecule has 0 radical (unpaired) electrons. The second kappa shape index (κ2) is 3.58. The lowest BCUT2D eigenvalue weighted by Crippen LogP contribution is -2.14. The van der Waals surface area contributed by atoms with Crippen molar-refractivity contribution in [3.63, 3.8) is 0 Å². The Kier molecular flexibility index (Phi) is 2.45. The van der Waals surface area contributed by atoms with Crippen molar-refractivity contribution in [2.75, 3.05) is 0 Å². The Morgan fingerprint density at radius 1 is 1.24 bits per heavy atom. The van der Waals surface area contributed by atoms with Gasteiger partial charge in [0, 0.05) is 17.0 Å². The lowest BCUT2D eigenvalue weighted by molar-refractivity contribution is -0.141. The largest absolute Gasteiger partial charge is 0.431 e. The Labute approximate surface area is 92.9 Å². The third kappa shape index (κ3) is 1.90. The molecule has 1 aromatic heterocycles. The predicted octanol–water partition coefficient (Wildman–Crippen LogP) is 2.99. The molecule has 2 nitrogen and oxygen atoms in total. The Hall–Kier alpha value is -1.85. The highest BCUT2D eigenvalue weighted by Crippen LogP contribution is 2.28. The van der Waals surface area contributed by atoms with Gasteiger partial charge in [-0.3, -0.25) is 4.79 Å². The first-order chi connectivity index (χ1) is 7.80. The Morgan fingerprint density at radius 3 is 2.47 bits per heavy atom. The Morgan fingerprint density at radius 2 is 1.88 bits per heavy atom. The minimum Gasteiger partial charge on any atom is -0.350 e. The minimum atomic E-state index is -4.66. The topological polar surface area (TPSA) is 32.9 Å². The smallest absolute Gasteiger partial charge is 0.350 e. The van der Waals surface area contributed by atoms with Gasteiger partial charge in [-0.05, 0) is 19.1 Å². The van der Waals surface area contributed by atoms with Gasteiger partial charge < -0.3 is 4.98 Å². The number of rotatable bonds is 0. The summed E-state index contributed by atoms with van der Waals surface area (Å²) in [5.74, 6) is -0.660. The van der Waals surface area contributed by atoms with Crippen molar-refractivity contribution < 1.29 is 17.6 Å². The molecule has 17 heavy (non-hydrogen) atoms. The van der Waals surface area contributed by atoms with Gasteiger partial charge in [0.25, 0.3) is 0 Å². The molecule has 0 aliphatic heterocycles. The van der Waals surface area contributed by atoms with Gasteiger partial charge in [-0.25, -0.2) is 4.39 Å². The molecule has 0 amide bonds. The fourth-order valence-electron chi connectivity index (χ4n) is 1.58. The summed E-state index contributed by atoms with van der Waals surface area (Å²) in [7, 11) is 0. The number of aromatic nitrogens is 1. The molecule has 0 unspecified atom stereocenters. The van der Waals surface area contributed by atoms with E-state index < -0.39 is 23.1 Å². The number of H-pyrrole nitrogens is 1. The van der Waals surface area contributed by atoms with Gasteiger partial charge in [-0.1, -0.05) is 0 Å². The van der Waals surface area contributed by atoms with Crippen LogP contribution in [0.3, 0.4) is 0 Å². The standard InChI is InChI=1S/C11H7F4NO/c1-5-7(12)3-2-6-8(17)4-9(11(13,14)15)16-10(5)6/h2-4H,1H3,(H,16,17). The molecule has 90 valence electrons. The maximum Gasteiger partial charge on any atom is 0.431 e. The van der Waals surface area contributed by atoms with Gasteiger partial charge in [-0.2, -0.15) is 13.2 Å². The van der Waals surface area contributed by atoms with E-state index in [1.54, 1.807) is 0 Å². The summed E-state index contributed by atoms with van der Waals surface area (Å²) in [4.78, 5) is 13.5. The van der Waals surface area contributed by atoms with Crippen molar-refractivity contribution in [3.8, 4) is 0 Å². The van der Waals surface area contributed by atoms with E-state index in [9.17, 15) is 22.4 Å². The molecule has 0 saturated carbocycles. The van der Waals surface area contributed by atoms with E-state index in [0.29, 0.717) is 6.07 Å². The lowest BCUT2D eigenvalue weighted by atomic mass is 10.1. The summed E-state index contributed by atoms with van der Waals surface area (Å²) in [6, 6.07) is 2.69. The highest BCUT2D eigenvalue weighted by molar-refractivity contribution is 5.81. The molecule has 0 aliphatic carbocycles. The average molecular weight is 245 g/mol. The molecule has 0 bridgehead atoms. The normalized spacial score (nSPS) is 12.1. The van der Waals surface area contributed by atoms with E-state index in [-0.39, 0.29) is 16.5 Å². The van der Waals surface area contributed by atoms with E-state index in [0.717, 1.165) is 12.1 Å². The number of fused-ring (bicyclic) bond motifs is 1. The van der Waals surface area contributed by atoms with Crippen LogP contribution in [-0.4, -0.2) is 4.98 Å². The van der Waals surface area contributed by atoms with Crippen LogP contribution in [0.2, 0.25) is 0 Å². The number of hydrogen-bond donors (Lipinski definition) is 1. The summed E-state index contributed by atoms with van der Waals surface area (Å²) in [6.07, 6.45) is -4.66. The van der Waals surface area contributed by atoms with E-state index in [1.165, 1.54) is 6.92 Å². The number of hydrogen-bond acceptors (Lipinski definition) is 1. The molecule has 1 heterocycles. The maximum atomic E-state index is 13.2. The van der Waals surface area contributed by atoms with E-state index >= 15 is 0 Å². The van der Waals surface area contributed by atoms with E-state index in [1.807, 2.05) is 0 Å². The fraction of sp³-hybridized carbons (Fsp3) is 0.182. The zero-order valence-corrected chi connectivity index (χ0v) is 8.65. The van der Waals surface area contributed by atoms with E-state index in [2.05, 4.69) is 4.98 Å². The first kappa shape index (κ1) is 11.6. The zero-order chi connectivity index (χ0) is 12.8. The van der Waals surface area contributed by atoms with Crippen LogP contribution in [0.1, 0.15) is 11.3 Å². The van der Waals surface area contributed by atoms with Crippen LogP contribution in [0, 0.1) is 12.7 Å². The Bertz CT molecular complexity index is 642. The Balaban J connectivity index is 2.89. The maximum absolute atomic E-state index is 13.2. The molecule has 1 aromatic carbocycles. The van der Waals surface area contributed by atoms with Crippen molar-refractivity contribution in [2.45, 2.75) is 13.1 Å². The van der Waals surface area contributed by atoms with E-state index in [4.69, 9.17) is 0 Å². The monoisotopic (exact) mass is 245 g/mol. The highest BCUT2D eigenvalue weighted by Gasteiger charge is 2.32. The summed E-state index contributed by atoms with van der Waals surface area (Å²) in [6.45, 7) is 1.31. The number of aromatic amines is 1. The second-order valence-corrected chi connectivity index (χ2v) is 3.64. The van der Waals surface area contributed by atoms with Crippen LogP contribution >= 0.6 is 0 Å².